The Morgan fingerprint density at radius 2 is 2.33 bits per heavy atom. The van der Waals surface area contributed by atoms with Crippen LogP contribution in [0.3, 0.4) is 0 Å². The predicted octanol–water partition coefficient (Wildman–Crippen LogP) is -0.180. The van der Waals surface area contributed by atoms with E-state index in [2.05, 4.69) is 10.3 Å². The van der Waals surface area contributed by atoms with E-state index < -0.39 is 24.1 Å². The number of urea groups is 1. The van der Waals surface area contributed by atoms with Crippen LogP contribution in [0, 0.1) is 0 Å². The smallest absolute Gasteiger partial charge is 0.326 e. The molecule has 0 aliphatic carbocycles. The lowest BCUT2D eigenvalue weighted by Crippen LogP contribution is -2.45. The number of ether oxygens (including phenoxy) is 1. The van der Waals surface area contributed by atoms with Crippen molar-refractivity contribution in [3.05, 3.63) is 23.9 Å². The Morgan fingerprint density at radius 1 is 1.57 bits per heavy atom. The van der Waals surface area contributed by atoms with Crippen LogP contribution in [0.5, 0.6) is 5.88 Å². The van der Waals surface area contributed by atoms with Crippen molar-refractivity contribution < 1.29 is 24.5 Å². The molecule has 0 bridgehead atoms. The summed E-state index contributed by atoms with van der Waals surface area (Å²) in [6.45, 7) is 0.235. The Hall–Kier alpha value is -2.35. The Balaban J connectivity index is 1.96. The van der Waals surface area contributed by atoms with E-state index in [9.17, 15) is 14.7 Å². The van der Waals surface area contributed by atoms with Gasteiger partial charge >= 0.3 is 12.0 Å². The van der Waals surface area contributed by atoms with Crippen LogP contribution in [0.4, 0.5) is 4.79 Å². The Bertz CT molecular complexity index is 536. The molecular formula is C13H17N3O5. The van der Waals surface area contributed by atoms with E-state index in [0.29, 0.717) is 5.88 Å². The lowest BCUT2D eigenvalue weighted by atomic mass is 10.2. The van der Waals surface area contributed by atoms with Crippen LogP contribution in [-0.4, -0.2) is 57.9 Å². The molecule has 1 aromatic rings. The van der Waals surface area contributed by atoms with Crippen molar-refractivity contribution in [2.75, 3.05) is 13.7 Å². The van der Waals surface area contributed by atoms with Gasteiger partial charge in [-0.1, -0.05) is 0 Å². The summed E-state index contributed by atoms with van der Waals surface area (Å²) in [7, 11) is 1.49. The predicted molar refractivity (Wildman–Crippen MR) is 71.8 cm³/mol. The number of aromatic nitrogens is 1. The van der Waals surface area contributed by atoms with Gasteiger partial charge < -0.3 is 25.2 Å². The average Bonchev–Trinajstić information content (AvgIpc) is 2.87. The maximum atomic E-state index is 12.0. The van der Waals surface area contributed by atoms with Crippen molar-refractivity contribution in [1.29, 1.82) is 0 Å². The molecule has 8 heteroatoms. The number of carboxylic acids is 1. The first-order valence-electron chi connectivity index (χ1n) is 6.45. The van der Waals surface area contributed by atoms with Crippen molar-refractivity contribution in [2.24, 2.45) is 0 Å². The maximum Gasteiger partial charge on any atom is 0.326 e. The van der Waals surface area contributed by atoms with Crippen LogP contribution in [0.15, 0.2) is 18.3 Å². The van der Waals surface area contributed by atoms with Crippen molar-refractivity contribution >= 4 is 12.0 Å². The number of β-amino-alcohol motifs (C(OH)–C–C–N with tert-alkyl or cyclic N) is 1. The van der Waals surface area contributed by atoms with Crippen LogP contribution in [0.2, 0.25) is 0 Å². The van der Waals surface area contributed by atoms with Crippen LogP contribution >= 0.6 is 0 Å². The van der Waals surface area contributed by atoms with Gasteiger partial charge in [0.15, 0.2) is 0 Å². The van der Waals surface area contributed by atoms with Crippen molar-refractivity contribution in [1.82, 2.24) is 15.2 Å². The average molecular weight is 295 g/mol. The van der Waals surface area contributed by atoms with E-state index in [1.807, 2.05) is 0 Å². The number of carbonyl (C=O) groups is 2. The largest absolute Gasteiger partial charge is 0.481 e. The number of carboxylic acid groups (broad SMARTS) is 1. The zero-order valence-corrected chi connectivity index (χ0v) is 11.5. The van der Waals surface area contributed by atoms with Crippen molar-refractivity contribution in [2.45, 2.75) is 25.1 Å². The highest BCUT2D eigenvalue weighted by Gasteiger charge is 2.38. The number of aliphatic hydroxyl groups excluding tert-OH is 1. The van der Waals surface area contributed by atoms with Gasteiger partial charge in [0.2, 0.25) is 5.88 Å². The summed E-state index contributed by atoms with van der Waals surface area (Å²) in [5.74, 6) is -0.686. The van der Waals surface area contributed by atoms with Crippen LogP contribution < -0.4 is 10.1 Å². The fourth-order valence-electron chi connectivity index (χ4n) is 2.22. The first kappa shape index (κ1) is 15.0. The molecule has 0 spiro atoms. The zero-order chi connectivity index (χ0) is 15.4. The quantitative estimate of drug-likeness (QED) is 0.710. The molecule has 3 N–H and O–H groups in total. The molecule has 1 aliphatic heterocycles. The summed E-state index contributed by atoms with van der Waals surface area (Å²) in [4.78, 5) is 28.2. The second-order valence-electron chi connectivity index (χ2n) is 4.76. The molecule has 2 rings (SSSR count). The molecule has 0 saturated carbocycles. The number of pyridine rings is 1. The second-order valence-corrected chi connectivity index (χ2v) is 4.76. The van der Waals surface area contributed by atoms with Gasteiger partial charge in [-0.3, -0.25) is 0 Å². The lowest BCUT2D eigenvalue weighted by Gasteiger charge is -2.21. The number of methoxy groups -OCH3 is 1. The number of nitrogens with zero attached hydrogens (tertiary/aromatic N) is 2. The molecule has 2 heterocycles. The number of rotatable bonds is 4. The summed E-state index contributed by atoms with van der Waals surface area (Å²) in [5.41, 5.74) is 0.779. The molecule has 21 heavy (non-hydrogen) atoms. The zero-order valence-electron chi connectivity index (χ0n) is 11.5. The normalized spacial score (nSPS) is 21.1. The summed E-state index contributed by atoms with van der Waals surface area (Å²) >= 11 is 0. The number of aliphatic carboxylic acids is 1. The molecule has 2 atom stereocenters. The molecule has 2 amide bonds. The molecule has 1 fully saturated rings. The number of carbonyl (C=O) groups excluding carboxylic acids is 1. The van der Waals surface area contributed by atoms with Crippen molar-refractivity contribution in [3.8, 4) is 5.88 Å². The monoisotopic (exact) mass is 295 g/mol. The van der Waals surface area contributed by atoms with Gasteiger partial charge in [-0.05, 0) is 11.6 Å². The summed E-state index contributed by atoms with van der Waals surface area (Å²) < 4.78 is 4.98. The summed E-state index contributed by atoms with van der Waals surface area (Å²) in [5, 5.41) is 21.2. The van der Waals surface area contributed by atoms with Crippen LogP contribution in [0.25, 0.3) is 0 Å². The molecule has 0 unspecified atom stereocenters. The lowest BCUT2D eigenvalue weighted by molar-refractivity contribution is -0.141. The van der Waals surface area contributed by atoms with Crippen LogP contribution in [-0.2, 0) is 11.3 Å². The third-order valence-corrected chi connectivity index (χ3v) is 3.28. The van der Waals surface area contributed by atoms with E-state index in [0.717, 1.165) is 10.5 Å². The van der Waals surface area contributed by atoms with Crippen molar-refractivity contribution in [3.63, 3.8) is 0 Å². The highest BCUT2D eigenvalue weighted by atomic mass is 16.5. The number of aliphatic hydroxyl groups is 1. The molecule has 0 radical (unpaired) electrons. The minimum absolute atomic E-state index is 0.0163. The first-order chi connectivity index (χ1) is 10.0. The molecule has 8 nitrogen and oxygen atoms in total. The van der Waals surface area contributed by atoms with E-state index in [-0.39, 0.29) is 19.5 Å². The van der Waals surface area contributed by atoms with E-state index >= 15 is 0 Å². The maximum absolute atomic E-state index is 12.0. The van der Waals surface area contributed by atoms with Crippen LogP contribution in [0.1, 0.15) is 12.0 Å². The topological polar surface area (TPSA) is 112 Å². The highest BCUT2D eigenvalue weighted by molar-refractivity contribution is 5.83. The number of likely N-dealkylation sites (tertiary alicyclic amines) is 1. The van der Waals surface area contributed by atoms with E-state index in [4.69, 9.17) is 9.84 Å². The summed E-state index contributed by atoms with van der Waals surface area (Å²) in [6, 6.07) is 1.88. The fraction of sp³-hybridized carbons (Fsp3) is 0.462. The third kappa shape index (κ3) is 3.60. The minimum Gasteiger partial charge on any atom is -0.481 e. The van der Waals surface area contributed by atoms with Gasteiger partial charge in [-0.2, -0.15) is 0 Å². The summed E-state index contributed by atoms with van der Waals surface area (Å²) in [6.07, 6.45) is 0.795. The molecule has 1 saturated heterocycles. The molecule has 1 aliphatic rings. The van der Waals surface area contributed by atoms with Gasteiger partial charge in [0, 0.05) is 31.8 Å². The van der Waals surface area contributed by atoms with Gasteiger partial charge in [0.1, 0.15) is 6.04 Å². The number of hydrogen-bond donors (Lipinski definition) is 3. The van der Waals surface area contributed by atoms with Gasteiger partial charge in [0.05, 0.1) is 13.2 Å². The van der Waals surface area contributed by atoms with E-state index in [1.165, 1.54) is 7.11 Å². The molecule has 114 valence electrons. The number of hydrogen-bond acceptors (Lipinski definition) is 5. The fourth-order valence-corrected chi connectivity index (χ4v) is 2.22. The first-order valence-corrected chi connectivity index (χ1v) is 6.45. The second kappa shape index (κ2) is 6.40. The highest BCUT2D eigenvalue weighted by Crippen LogP contribution is 2.18. The standard InChI is InChI=1S/C13H17N3O5/c1-21-11-4-8(2-3-14-11)6-15-13(20)16-7-9(17)5-10(16)12(18)19/h2-4,9-10,17H,5-7H2,1H3,(H,15,20)(H,18,19)/t9-,10-/m0/s1. The van der Waals surface area contributed by atoms with Gasteiger partial charge in [-0.15, -0.1) is 0 Å². The molecular weight excluding hydrogens is 278 g/mol. The number of amides is 2. The third-order valence-electron chi connectivity index (χ3n) is 3.28. The Kier molecular flexibility index (Phi) is 4.59. The van der Waals surface area contributed by atoms with Gasteiger partial charge in [-0.25, -0.2) is 14.6 Å². The van der Waals surface area contributed by atoms with E-state index in [1.54, 1.807) is 18.3 Å². The Labute approximate surface area is 121 Å². The number of nitrogens with one attached hydrogen (secondary N) is 1. The molecule has 1 aromatic heterocycles. The van der Waals surface area contributed by atoms with Gasteiger partial charge in [0.25, 0.3) is 0 Å². The SMILES string of the molecule is COc1cc(CNC(=O)N2C[C@@H](O)C[C@H]2C(=O)O)ccn1. The minimum atomic E-state index is -1.12. The Morgan fingerprint density at radius 3 is 3.00 bits per heavy atom. The molecule has 0 aromatic carbocycles.